The van der Waals surface area contributed by atoms with E-state index >= 15 is 0 Å². The average Bonchev–Trinajstić information content (AvgIpc) is 2.78. The second-order valence-corrected chi connectivity index (χ2v) is 7.55. The van der Waals surface area contributed by atoms with Gasteiger partial charge in [0.05, 0.1) is 18.6 Å². The van der Waals surface area contributed by atoms with Crippen molar-refractivity contribution < 1.29 is 23.8 Å². The smallest absolute Gasteiger partial charge is 0.343 e. The summed E-state index contributed by atoms with van der Waals surface area (Å²) in [5.41, 5.74) is 1.16. The molecule has 4 rings (SSSR count). The molecule has 8 heteroatoms. The molecule has 1 aromatic heterocycles. The fourth-order valence-corrected chi connectivity index (χ4v) is 3.87. The first kappa shape index (κ1) is 21.6. The van der Waals surface area contributed by atoms with Crippen LogP contribution in [0.25, 0.3) is 0 Å². The summed E-state index contributed by atoms with van der Waals surface area (Å²) in [6.45, 7) is 2.01. The summed E-state index contributed by atoms with van der Waals surface area (Å²) in [5, 5.41) is 0.576. The van der Waals surface area contributed by atoms with Crippen molar-refractivity contribution >= 4 is 23.5 Å². The summed E-state index contributed by atoms with van der Waals surface area (Å²) >= 11 is 6.23. The maximum absolute atomic E-state index is 12.8. The van der Waals surface area contributed by atoms with Crippen LogP contribution in [0.3, 0.4) is 0 Å². The van der Waals surface area contributed by atoms with Crippen LogP contribution in [-0.4, -0.2) is 23.5 Å². The third-order valence-corrected chi connectivity index (χ3v) is 5.52. The average molecular weight is 454 g/mol. The van der Waals surface area contributed by atoms with Crippen molar-refractivity contribution in [3.8, 4) is 11.5 Å². The molecule has 0 saturated heterocycles. The molecule has 2 heterocycles. The number of hydrogen-bond acceptors (Lipinski definition) is 6. The van der Waals surface area contributed by atoms with Gasteiger partial charge in [-0.3, -0.25) is 9.59 Å². The molecule has 0 spiro atoms. The Morgan fingerprint density at radius 3 is 2.69 bits per heavy atom. The van der Waals surface area contributed by atoms with Gasteiger partial charge in [0.15, 0.2) is 5.75 Å². The van der Waals surface area contributed by atoms with Gasteiger partial charge in [0.25, 0.3) is 5.56 Å². The Bertz CT molecular complexity index is 1240. The lowest BCUT2D eigenvalue weighted by Gasteiger charge is -2.26. The maximum Gasteiger partial charge on any atom is 0.343 e. The summed E-state index contributed by atoms with van der Waals surface area (Å²) in [6.07, 6.45) is 1.13. The first-order valence-corrected chi connectivity index (χ1v) is 10.5. The van der Waals surface area contributed by atoms with Crippen LogP contribution in [0.15, 0.2) is 59.5 Å². The normalized spacial score (nSPS) is 14.9. The van der Waals surface area contributed by atoms with Gasteiger partial charge in [-0.15, -0.1) is 0 Å². The largest absolute Gasteiger partial charge is 0.489 e. The topological polar surface area (TPSA) is 94.7 Å². The molecule has 1 N–H and O–H groups in total. The minimum Gasteiger partial charge on any atom is -0.489 e. The van der Waals surface area contributed by atoms with E-state index in [4.69, 9.17) is 25.8 Å². The van der Waals surface area contributed by atoms with E-state index in [9.17, 15) is 14.4 Å². The van der Waals surface area contributed by atoms with Gasteiger partial charge in [0, 0.05) is 28.3 Å². The molecule has 0 unspecified atom stereocenters. The van der Waals surface area contributed by atoms with Gasteiger partial charge in [-0.2, -0.15) is 0 Å². The number of H-pyrrole nitrogens is 1. The highest BCUT2D eigenvalue weighted by Gasteiger charge is 2.36. The predicted molar refractivity (Wildman–Crippen MR) is 117 cm³/mol. The van der Waals surface area contributed by atoms with Crippen molar-refractivity contribution in [3.63, 3.8) is 0 Å². The number of pyridine rings is 1. The fourth-order valence-electron chi connectivity index (χ4n) is 3.68. The molecule has 32 heavy (non-hydrogen) atoms. The molecule has 0 aliphatic carbocycles. The van der Waals surface area contributed by atoms with Gasteiger partial charge >= 0.3 is 11.9 Å². The second-order valence-electron chi connectivity index (χ2n) is 7.14. The maximum atomic E-state index is 12.8. The first-order chi connectivity index (χ1) is 15.5. The third kappa shape index (κ3) is 4.24. The lowest BCUT2D eigenvalue weighted by atomic mass is 9.85. The molecule has 0 saturated carbocycles. The Hall–Kier alpha value is -3.58. The lowest BCUT2D eigenvalue weighted by Crippen LogP contribution is -2.30. The number of fused-ring (bicyclic) bond motifs is 1. The number of carbonyl (C=O) groups is 2. The Morgan fingerprint density at radius 2 is 1.91 bits per heavy atom. The molecule has 7 nitrogen and oxygen atoms in total. The SMILES string of the molecule is CCOC(=O)c1c[nH]c(=O)c2c1OC(=O)C[C@H]2c1ccccc1OCc1ccccc1Cl. The van der Waals surface area contributed by atoms with Gasteiger partial charge in [-0.1, -0.05) is 48.0 Å². The molecule has 1 aliphatic heterocycles. The van der Waals surface area contributed by atoms with Gasteiger partial charge in [0.2, 0.25) is 0 Å². The van der Waals surface area contributed by atoms with Gasteiger partial charge in [-0.05, 0) is 19.1 Å². The number of aromatic nitrogens is 1. The summed E-state index contributed by atoms with van der Waals surface area (Å²) in [6, 6.07) is 14.5. The van der Waals surface area contributed by atoms with E-state index in [0.29, 0.717) is 16.3 Å². The van der Waals surface area contributed by atoms with Crippen LogP contribution in [0, 0.1) is 0 Å². The van der Waals surface area contributed by atoms with Crippen LogP contribution in [0.4, 0.5) is 0 Å². The van der Waals surface area contributed by atoms with Crippen LogP contribution >= 0.6 is 11.6 Å². The van der Waals surface area contributed by atoms with E-state index in [1.807, 2.05) is 18.2 Å². The number of para-hydroxylation sites is 1. The van der Waals surface area contributed by atoms with E-state index in [-0.39, 0.29) is 36.5 Å². The van der Waals surface area contributed by atoms with Crippen molar-refractivity contribution in [2.75, 3.05) is 6.61 Å². The van der Waals surface area contributed by atoms with Crippen molar-refractivity contribution in [2.45, 2.75) is 25.9 Å². The molecule has 0 fully saturated rings. The van der Waals surface area contributed by atoms with Crippen molar-refractivity contribution in [3.05, 3.63) is 92.4 Å². The Morgan fingerprint density at radius 1 is 1.16 bits per heavy atom. The van der Waals surface area contributed by atoms with Crippen LogP contribution in [-0.2, 0) is 16.1 Å². The quantitative estimate of drug-likeness (QED) is 0.561. The Balaban J connectivity index is 1.75. The van der Waals surface area contributed by atoms with Crippen LogP contribution < -0.4 is 15.0 Å². The highest BCUT2D eigenvalue weighted by Crippen LogP contribution is 2.41. The number of ether oxygens (including phenoxy) is 3. The van der Waals surface area contributed by atoms with Gasteiger partial charge < -0.3 is 19.2 Å². The van der Waals surface area contributed by atoms with Crippen LogP contribution in [0.1, 0.15) is 46.3 Å². The summed E-state index contributed by atoms with van der Waals surface area (Å²) in [7, 11) is 0. The zero-order chi connectivity index (χ0) is 22.7. The molecule has 0 amide bonds. The number of carbonyl (C=O) groups excluding carboxylic acids is 2. The van der Waals surface area contributed by atoms with E-state index < -0.39 is 23.4 Å². The second kappa shape index (κ2) is 9.28. The molecule has 2 aromatic carbocycles. The number of rotatable bonds is 6. The van der Waals surface area contributed by atoms with Crippen molar-refractivity contribution in [1.29, 1.82) is 0 Å². The number of aromatic amines is 1. The third-order valence-electron chi connectivity index (χ3n) is 5.15. The fraction of sp³-hybridized carbons (Fsp3) is 0.208. The van der Waals surface area contributed by atoms with Crippen LogP contribution in [0.2, 0.25) is 5.02 Å². The molecule has 1 aliphatic rings. The van der Waals surface area contributed by atoms with Gasteiger partial charge in [-0.25, -0.2) is 4.79 Å². The summed E-state index contributed by atoms with van der Waals surface area (Å²) in [4.78, 5) is 40.1. The molecular weight excluding hydrogens is 434 g/mol. The highest BCUT2D eigenvalue weighted by molar-refractivity contribution is 6.31. The molecule has 0 radical (unpaired) electrons. The number of nitrogens with one attached hydrogen (secondary N) is 1. The molecule has 164 valence electrons. The van der Waals surface area contributed by atoms with Gasteiger partial charge in [0.1, 0.15) is 17.9 Å². The number of esters is 2. The lowest BCUT2D eigenvalue weighted by molar-refractivity contribution is -0.135. The summed E-state index contributed by atoms with van der Waals surface area (Å²) in [5.74, 6) is -1.48. The molecule has 1 atom stereocenters. The van der Waals surface area contributed by atoms with E-state index in [2.05, 4.69) is 4.98 Å². The van der Waals surface area contributed by atoms with E-state index in [1.54, 1.807) is 37.3 Å². The first-order valence-electron chi connectivity index (χ1n) is 10.1. The number of benzene rings is 2. The monoisotopic (exact) mass is 453 g/mol. The zero-order valence-electron chi connectivity index (χ0n) is 17.2. The number of halogens is 1. The minimum absolute atomic E-state index is 0.00559. The Labute approximate surface area is 188 Å². The molecular formula is C24H20ClNO6. The zero-order valence-corrected chi connectivity index (χ0v) is 18.0. The minimum atomic E-state index is -0.684. The molecule has 3 aromatic rings. The Kier molecular flexibility index (Phi) is 6.28. The predicted octanol–water partition coefficient (Wildman–Crippen LogP) is 4.23. The van der Waals surface area contributed by atoms with Crippen LogP contribution in [0.5, 0.6) is 11.5 Å². The van der Waals surface area contributed by atoms with Crippen molar-refractivity contribution in [2.24, 2.45) is 0 Å². The van der Waals surface area contributed by atoms with E-state index in [0.717, 1.165) is 5.56 Å². The molecule has 0 bridgehead atoms. The highest BCUT2D eigenvalue weighted by atomic mass is 35.5. The standard InChI is InChI=1S/C24H20ClNO6/c1-2-30-24(29)17-12-26-23(28)21-16(11-20(27)32-22(17)21)15-8-4-6-10-19(15)31-13-14-7-3-5-9-18(14)25/h3-10,12,16H,2,11,13H2,1H3,(H,26,28)/t16-/m0/s1. The summed E-state index contributed by atoms with van der Waals surface area (Å²) < 4.78 is 16.4. The van der Waals surface area contributed by atoms with E-state index in [1.165, 1.54) is 6.20 Å². The number of hydrogen-bond donors (Lipinski definition) is 1. The van der Waals surface area contributed by atoms with Crippen molar-refractivity contribution in [1.82, 2.24) is 4.98 Å².